The molecule has 0 aliphatic heterocycles. The zero-order valence-corrected chi connectivity index (χ0v) is 19.4. The van der Waals surface area contributed by atoms with Crippen LogP contribution in [0, 0.1) is 5.92 Å². The van der Waals surface area contributed by atoms with Crippen molar-refractivity contribution in [1.82, 2.24) is 14.9 Å². The molecule has 162 valence electrons. The number of thioether (sulfide) groups is 1. The van der Waals surface area contributed by atoms with Crippen LogP contribution >= 0.6 is 23.1 Å². The molecule has 1 fully saturated rings. The van der Waals surface area contributed by atoms with Crippen LogP contribution in [0.4, 0.5) is 0 Å². The normalized spacial score (nSPS) is 21.8. The van der Waals surface area contributed by atoms with E-state index in [4.69, 9.17) is 4.98 Å². The summed E-state index contributed by atoms with van der Waals surface area (Å²) in [6.07, 6.45) is 12.0. The van der Waals surface area contributed by atoms with Crippen LogP contribution < -0.4 is 10.9 Å². The van der Waals surface area contributed by atoms with Gasteiger partial charge in [0.25, 0.3) is 5.56 Å². The Kier molecular flexibility index (Phi) is 6.98. The van der Waals surface area contributed by atoms with Crippen molar-refractivity contribution < 1.29 is 4.79 Å². The molecule has 2 aliphatic rings. The minimum Gasteiger partial charge on any atom is -0.352 e. The molecule has 2 aromatic heterocycles. The first kappa shape index (κ1) is 21.6. The van der Waals surface area contributed by atoms with Crippen molar-refractivity contribution in [3.8, 4) is 0 Å². The van der Waals surface area contributed by atoms with Gasteiger partial charge in [0.15, 0.2) is 5.16 Å². The zero-order chi connectivity index (χ0) is 21.1. The van der Waals surface area contributed by atoms with Gasteiger partial charge >= 0.3 is 0 Å². The van der Waals surface area contributed by atoms with E-state index in [1.165, 1.54) is 54.3 Å². The largest absolute Gasteiger partial charge is 0.352 e. The summed E-state index contributed by atoms with van der Waals surface area (Å²) in [5.74, 6) is 0.839. The summed E-state index contributed by atoms with van der Waals surface area (Å²) in [4.78, 5) is 32.9. The Morgan fingerprint density at radius 2 is 2.07 bits per heavy atom. The lowest BCUT2D eigenvalue weighted by molar-refractivity contribution is -0.119. The molecule has 4 rings (SSSR count). The van der Waals surface area contributed by atoms with E-state index >= 15 is 0 Å². The summed E-state index contributed by atoms with van der Waals surface area (Å²) >= 11 is 3.03. The van der Waals surface area contributed by atoms with Gasteiger partial charge in [-0.1, -0.05) is 44.0 Å². The van der Waals surface area contributed by atoms with E-state index in [1.807, 2.05) is 0 Å². The number of nitrogens with zero attached hydrogens (tertiary/aromatic N) is 2. The van der Waals surface area contributed by atoms with Crippen LogP contribution in [0.2, 0.25) is 0 Å². The number of carbonyl (C=O) groups is 1. The summed E-state index contributed by atoms with van der Waals surface area (Å²) in [5, 5.41) is 4.61. The fourth-order valence-corrected chi connectivity index (χ4v) is 6.83. The van der Waals surface area contributed by atoms with Crippen molar-refractivity contribution in [1.29, 1.82) is 0 Å². The number of thiophene rings is 1. The highest BCUT2D eigenvalue weighted by atomic mass is 32.2. The van der Waals surface area contributed by atoms with E-state index in [0.29, 0.717) is 17.6 Å². The summed E-state index contributed by atoms with van der Waals surface area (Å²) in [6, 6.07) is 0.269. The molecule has 2 aromatic rings. The maximum atomic E-state index is 13.4. The van der Waals surface area contributed by atoms with Crippen molar-refractivity contribution in [2.75, 3.05) is 5.75 Å². The Bertz CT molecular complexity index is 994. The fraction of sp³-hybridized carbons (Fsp3) is 0.609. The molecule has 0 spiro atoms. The second kappa shape index (κ2) is 9.69. The number of fused-ring (bicyclic) bond motifs is 3. The van der Waals surface area contributed by atoms with Gasteiger partial charge in [-0.15, -0.1) is 17.9 Å². The van der Waals surface area contributed by atoms with E-state index in [1.54, 1.807) is 22.0 Å². The molecule has 7 heteroatoms. The average molecular weight is 446 g/mol. The molecule has 5 nitrogen and oxygen atoms in total. The molecule has 2 unspecified atom stereocenters. The van der Waals surface area contributed by atoms with Gasteiger partial charge < -0.3 is 5.32 Å². The van der Waals surface area contributed by atoms with Crippen LogP contribution in [-0.2, 0) is 24.2 Å². The van der Waals surface area contributed by atoms with E-state index in [9.17, 15) is 9.59 Å². The lowest BCUT2D eigenvalue weighted by Crippen LogP contribution is -2.41. The van der Waals surface area contributed by atoms with Gasteiger partial charge in [-0.05, 0) is 50.0 Å². The molecule has 2 heterocycles. The lowest BCUT2D eigenvalue weighted by Gasteiger charge is -2.29. The van der Waals surface area contributed by atoms with Crippen LogP contribution in [0.25, 0.3) is 10.2 Å². The first-order valence-electron chi connectivity index (χ1n) is 11.2. The molecular weight excluding hydrogens is 414 g/mol. The molecule has 0 radical (unpaired) electrons. The molecule has 1 N–H and O–H groups in total. The highest BCUT2D eigenvalue weighted by Crippen LogP contribution is 2.34. The number of nitrogens with one attached hydrogen (secondary N) is 1. The average Bonchev–Trinajstić information content (AvgIpc) is 2.92. The number of carbonyl (C=O) groups excluding carboxylic acids is 1. The first-order valence-corrected chi connectivity index (χ1v) is 13.0. The highest BCUT2D eigenvalue weighted by molar-refractivity contribution is 7.99. The van der Waals surface area contributed by atoms with Gasteiger partial charge in [0.2, 0.25) is 5.91 Å². The van der Waals surface area contributed by atoms with Crippen LogP contribution in [0.15, 0.2) is 22.6 Å². The maximum absolute atomic E-state index is 13.4. The van der Waals surface area contributed by atoms with Crippen LogP contribution in [0.5, 0.6) is 0 Å². The summed E-state index contributed by atoms with van der Waals surface area (Å²) in [7, 11) is 0. The third kappa shape index (κ3) is 4.52. The Morgan fingerprint density at radius 3 is 2.87 bits per heavy atom. The van der Waals surface area contributed by atoms with Gasteiger partial charge in [-0.25, -0.2) is 4.98 Å². The Hall–Kier alpha value is -1.60. The fourth-order valence-electron chi connectivity index (χ4n) is 4.71. The van der Waals surface area contributed by atoms with E-state index in [2.05, 4.69) is 18.8 Å². The predicted octanol–water partition coefficient (Wildman–Crippen LogP) is 4.70. The minimum absolute atomic E-state index is 0.0168. The topological polar surface area (TPSA) is 64.0 Å². The standard InChI is InChI=1S/C23H31N3O2S2/c1-3-13-26-22(28)20-16-10-5-4-6-12-18(16)30-21(20)25-23(26)29-14-19(27)24-17-11-8-7-9-15(17)2/h3,15,17H,1,4-14H2,2H3,(H,24,27). The van der Waals surface area contributed by atoms with Gasteiger partial charge in [0.1, 0.15) is 4.83 Å². The van der Waals surface area contributed by atoms with E-state index in [-0.39, 0.29) is 23.3 Å². The first-order chi connectivity index (χ1) is 14.6. The maximum Gasteiger partial charge on any atom is 0.263 e. The van der Waals surface area contributed by atoms with Gasteiger partial charge in [0, 0.05) is 17.5 Å². The monoisotopic (exact) mass is 445 g/mol. The molecule has 2 atom stereocenters. The smallest absolute Gasteiger partial charge is 0.263 e. The minimum atomic E-state index is 0.0168. The second-order valence-electron chi connectivity index (χ2n) is 8.57. The molecule has 0 aromatic carbocycles. The molecule has 0 saturated heterocycles. The van der Waals surface area contributed by atoms with Crippen molar-refractivity contribution in [3.05, 3.63) is 33.4 Å². The number of hydrogen-bond acceptors (Lipinski definition) is 5. The van der Waals surface area contributed by atoms with E-state index in [0.717, 1.165) is 35.9 Å². The zero-order valence-electron chi connectivity index (χ0n) is 17.7. The molecule has 2 aliphatic carbocycles. The Labute approximate surface area is 186 Å². The van der Waals surface area contributed by atoms with Crippen LogP contribution in [0.1, 0.15) is 62.3 Å². The van der Waals surface area contributed by atoms with Gasteiger partial charge in [0.05, 0.1) is 11.1 Å². The van der Waals surface area contributed by atoms with Crippen molar-refractivity contribution in [3.63, 3.8) is 0 Å². The Balaban J connectivity index is 1.57. The van der Waals surface area contributed by atoms with Crippen LogP contribution in [-0.4, -0.2) is 27.3 Å². The third-order valence-corrected chi connectivity index (χ3v) is 8.55. The van der Waals surface area contributed by atoms with Crippen molar-refractivity contribution >= 4 is 39.2 Å². The molecular formula is C23H31N3O2S2. The van der Waals surface area contributed by atoms with Gasteiger partial charge in [-0.3, -0.25) is 14.2 Å². The van der Waals surface area contributed by atoms with Crippen molar-refractivity contribution in [2.24, 2.45) is 5.92 Å². The molecule has 1 amide bonds. The number of hydrogen-bond donors (Lipinski definition) is 1. The summed E-state index contributed by atoms with van der Waals surface area (Å²) in [5.41, 5.74) is 1.23. The number of allylic oxidation sites excluding steroid dienone is 1. The number of amides is 1. The van der Waals surface area contributed by atoms with Crippen molar-refractivity contribution in [2.45, 2.75) is 82.5 Å². The van der Waals surface area contributed by atoms with Gasteiger partial charge in [-0.2, -0.15) is 0 Å². The highest BCUT2D eigenvalue weighted by Gasteiger charge is 2.24. The second-order valence-corrected chi connectivity index (χ2v) is 10.6. The number of rotatable bonds is 6. The van der Waals surface area contributed by atoms with Crippen LogP contribution in [0.3, 0.4) is 0 Å². The third-order valence-electron chi connectivity index (χ3n) is 6.39. The Morgan fingerprint density at radius 1 is 1.27 bits per heavy atom. The van der Waals surface area contributed by atoms with E-state index < -0.39 is 0 Å². The lowest BCUT2D eigenvalue weighted by atomic mass is 9.86. The predicted molar refractivity (Wildman–Crippen MR) is 126 cm³/mol. The SMILES string of the molecule is C=CCn1c(SCC(=O)NC2CCCCC2C)nc2sc3c(c2c1=O)CCCCC3. The molecule has 0 bridgehead atoms. The number of aryl methyl sites for hydroxylation is 2. The summed E-state index contributed by atoms with van der Waals surface area (Å²) < 4.78 is 1.69. The number of aromatic nitrogens is 2. The quantitative estimate of drug-likeness (QED) is 0.303. The summed E-state index contributed by atoms with van der Waals surface area (Å²) in [6.45, 7) is 6.45. The molecule has 30 heavy (non-hydrogen) atoms. The molecule has 1 saturated carbocycles.